The number of carbonyl (C=O) groups is 1. The van der Waals surface area contributed by atoms with Gasteiger partial charge >= 0.3 is 12.6 Å². The molecule has 1 saturated carbocycles. The van der Waals surface area contributed by atoms with Gasteiger partial charge in [-0.05, 0) is 52.5 Å². The Morgan fingerprint density at radius 3 is 2.50 bits per heavy atom. The number of nitrogens with one attached hydrogen (secondary N) is 1. The summed E-state index contributed by atoms with van der Waals surface area (Å²) in [5, 5.41) is 6.79. The van der Waals surface area contributed by atoms with Gasteiger partial charge in [0.1, 0.15) is 5.60 Å². The van der Waals surface area contributed by atoms with E-state index in [2.05, 4.69) is 10.4 Å². The minimum absolute atomic E-state index is 0.0725. The normalized spacial score (nSPS) is 22.6. The summed E-state index contributed by atoms with van der Waals surface area (Å²) in [5.74, 6) is 0.177. The Hall–Kier alpha value is -1.66. The van der Waals surface area contributed by atoms with E-state index in [0.717, 1.165) is 25.7 Å². The van der Waals surface area contributed by atoms with Crippen molar-refractivity contribution >= 4 is 6.09 Å². The maximum absolute atomic E-state index is 12.5. The van der Waals surface area contributed by atoms with Crippen LogP contribution in [-0.4, -0.2) is 27.5 Å². The van der Waals surface area contributed by atoms with Crippen LogP contribution in [0.4, 0.5) is 13.6 Å². The average Bonchev–Trinajstić information content (AvgIpc) is 2.87. The number of hydrogen-bond donors (Lipinski definition) is 1. The highest BCUT2D eigenvalue weighted by Crippen LogP contribution is 2.32. The lowest BCUT2D eigenvalue weighted by Gasteiger charge is -2.29. The summed E-state index contributed by atoms with van der Waals surface area (Å²) in [4.78, 5) is 11.7. The standard InChI is InChI=1S/C15H23F2N3O2/c1-15(2,3)22-14(21)18-11-6-4-10(5-7-11)12-8-9-20(19-12)13(16)17/h8-11,13H,4-7H2,1-3H3,(H,18,21). The molecule has 0 atom stereocenters. The second-order valence-electron chi connectivity index (χ2n) is 6.69. The maximum Gasteiger partial charge on any atom is 0.407 e. The number of amides is 1. The number of halogens is 2. The third-order valence-corrected chi connectivity index (χ3v) is 3.70. The lowest BCUT2D eigenvalue weighted by atomic mass is 9.84. The molecule has 7 heteroatoms. The fourth-order valence-corrected chi connectivity index (χ4v) is 2.69. The molecule has 22 heavy (non-hydrogen) atoms. The zero-order valence-corrected chi connectivity index (χ0v) is 13.2. The molecule has 124 valence electrons. The van der Waals surface area contributed by atoms with Crippen LogP contribution < -0.4 is 5.32 Å². The van der Waals surface area contributed by atoms with E-state index in [-0.39, 0.29) is 12.0 Å². The fourth-order valence-electron chi connectivity index (χ4n) is 2.69. The first-order chi connectivity index (χ1) is 10.2. The second kappa shape index (κ2) is 6.62. The van der Waals surface area contributed by atoms with Crippen LogP contribution in [-0.2, 0) is 4.74 Å². The van der Waals surface area contributed by atoms with E-state index in [1.54, 1.807) is 6.07 Å². The molecule has 1 aromatic heterocycles. The van der Waals surface area contributed by atoms with Gasteiger partial charge in [-0.2, -0.15) is 13.9 Å². The van der Waals surface area contributed by atoms with E-state index in [0.29, 0.717) is 10.4 Å². The lowest BCUT2D eigenvalue weighted by Crippen LogP contribution is -2.40. The van der Waals surface area contributed by atoms with Gasteiger partial charge in [-0.25, -0.2) is 9.48 Å². The topological polar surface area (TPSA) is 56.1 Å². The molecule has 1 aromatic rings. The van der Waals surface area contributed by atoms with Crippen LogP contribution in [0.2, 0.25) is 0 Å². The zero-order chi connectivity index (χ0) is 16.3. The molecule has 5 nitrogen and oxygen atoms in total. The number of nitrogens with zero attached hydrogens (tertiary/aromatic N) is 2. The smallest absolute Gasteiger partial charge is 0.407 e. The van der Waals surface area contributed by atoms with Gasteiger partial charge in [0.15, 0.2) is 0 Å². The highest BCUT2D eigenvalue weighted by atomic mass is 19.3. The van der Waals surface area contributed by atoms with Gasteiger partial charge < -0.3 is 10.1 Å². The summed E-state index contributed by atoms with van der Waals surface area (Å²) < 4.78 is 31.0. The molecular formula is C15H23F2N3O2. The van der Waals surface area contributed by atoms with Gasteiger partial charge in [0, 0.05) is 18.2 Å². The largest absolute Gasteiger partial charge is 0.444 e. The van der Waals surface area contributed by atoms with Crippen molar-refractivity contribution in [2.75, 3.05) is 0 Å². The minimum atomic E-state index is -2.60. The maximum atomic E-state index is 12.5. The molecule has 0 spiro atoms. The van der Waals surface area contributed by atoms with Crippen molar-refractivity contribution in [1.29, 1.82) is 0 Å². The minimum Gasteiger partial charge on any atom is -0.444 e. The molecule has 0 saturated heterocycles. The van der Waals surface area contributed by atoms with E-state index in [4.69, 9.17) is 4.74 Å². The van der Waals surface area contributed by atoms with Crippen LogP contribution in [0.3, 0.4) is 0 Å². The Morgan fingerprint density at radius 1 is 1.36 bits per heavy atom. The molecule has 0 unspecified atom stereocenters. The second-order valence-corrected chi connectivity index (χ2v) is 6.69. The van der Waals surface area contributed by atoms with E-state index in [1.165, 1.54) is 6.20 Å². The van der Waals surface area contributed by atoms with E-state index in [9.17, 15) is 13.6 Å². The highest BCUT2D eigenvalue weighted by Gasteiger charge is 2.26. The third kappa shape index (κ3) is 4.68. The summed E-state index contributed by atoms with van der Waals surface area (Å²) in [5.41, 5.74) is 0.194. The van der Waals surface area contributed by atoms with Crippen molar-refractivity contribution in [2.24, 2.45) is 0 Å². The zero-order valence-electron chi connectivity index (χ0n) is 13.2. The third-order valence-electron chi connectivity index (χ3n) is 3.70. The van der Waals surface area contributed by atoms with Crippen LogP contribution in [0.1, 0.15) is 64.6 Å². The molecule has 2 rings (SSSR count). The number of aromatic nitrogens is 2. The summed E-state index contributed by atoms with van der Waals surface area (Å²) in [7, 11) is 0. The highest BCUT2D eigenvalue weighted by molar-refractivity contribution is 5.68. The quantitative estimate of drug-likeness (QED) is 0.922. The van der Waals surface area contributed by atoms with Crippen LogP contribution in [0.25, 0.3) is 0 Å². The summed E-state index contributed by atoms with van der Waals surface area (Å²) >= 11 is 0. The molecule has 0 aliphatic heterocycles. The Kier molecular flexibility index (Phi) is 5.03. The molecule has 1 N–H and O–H groups in total. The molecule has 1 aliphatic carbocycles. The molecule has 0 radical (unpaired) electrons. The van der Waals surface area contributed by atoms with Gasteiger partial charge in [-0.15, -0.1) is 0 Å². The first kappa shape index (κ1) is 16.7. The van der Waals surface area contributed by atoms with E-state index < -0.39 is 18.2 Å². The SMILES string of the molecule is CC(C)(C)OC(=O)NC1CCC(c2ccn(C(F)F)n2)CC1. The van der Waals surface area contributed by atoms with Gasteiger partial charge in [0.05, 0.1) is 5.69 Å². The predicted molar refractivity (Wildman–Crippen MR) is 77.8 cm³/mol. The summed E-state index contributed by atoms with van der Waals surface area (Å²) in [6, 6.07) is 1.72. The first-order valence-corrected chi connectivity index (χ1v) is 7.57. The van der Waals surface area contributed by atoms with Crippen molar-refractivity contribution in [3.05, 3.63) is 18.0 Å². The van der Waals surface area contributed by atoms with Crippen molar-refractivity contribution in [3.8, 4) is 0 Å². The van der Waals surface area contributed by atoms with Crippen LogP contribution >= 0.6 is 0 Å². The molecule has 1 fully saturated rings. The van der Waals surface area contributed by atoms with Gasteiger partial charge in [0.2, 0.25) is 0 Å². The average molecular weight is 315 g/mol. The van der Waals surface area contributed by atoms with Crippen molar-refractivity contribution < 1.29 is 18.3 Å². The van der Waals surface area contributed by atoms with Gasteiger partial charge in [-0.1, -0.05) is 0 Å². The molecule has 0 bridgehead atoms. The van der Waals surface area contributed by atoms with Gasteiger partial charge in [0.25, 0.3) is 0 Å². The Morgan fingerprint density at radius 2 is 2.00 bits per heavy atom. The van der Waals surface area contributed by atoms with Gasteiger partial charge in [-0.3, -0.25) is 0 Å². The number of alkyl carbamates (subject to hydrolysis) is 1. The van der Waals surface area contributed by atoms with Crippen molar-refractivity contribution in [2.45, 2.75) is 70.6 Å². The molecule has 1 aliphatic rings. The molecule has 1 amide bonds. The monoisotopic (exact) mass is 315 g/mol. The number of hydrogen-bond acceptors (Lipinski definition) is 3. The van der Waals surface area contributed by atoms with Crippen LogP contribution in [0, 0.1) is 0 Å². The number of rotatable bonds is 3. The Labute approximate surface area is 129 Å². The summed E-state index contributed by atoms with van der Waals surface area (Å²) in [6.45, 7) is 2.87. The Balaban J connectivity index is 1.81. The Bertz CT molecular complexity index is 503. The molecular weight excluding hydrogens is 292 g/mol. The number of alkyl halides is 2. The van der Waals surface area contributed by atoms with E-state index in [1.807, 2.05) is 20.8 Å². The number of carbonyl (C=O) groups excluding carboxylic acids is 1. The molecule has 1 heterocycles. The van der Waals surface area contributed by atoms with Crippen molar-refractivity contribution in [3.63, 3.8) is 0 Å². The van der Waals surface area contributed by atoms with Crippen LogP contribution in [0.15, 0.2) is 12.3 Å². The van der Waals surface area contributed by atoms with Crippen molar-refractivity contribution in [1.82, 2.24) is 15.1 Å². The predicted octanol–water partition coefficient (Wildman–Crippen LogP) is 3.83. The summed E-state index contributed by atoms with van der Waals surface area (Å²) in [6.07, 6.45) is 4.14. The lowest BCUT2D eigenvalue weighted by molar-refractivity contribution is 0.0487. The first-order valence-electron chi connectivity index (χ1n) is 7.57. The fraction of sp³-hybridized carbons (Fsp3) is 0.733. The number of ether oxygens (including phenoxy) is 1. The van der Waals surface area contributed by atoms with Crippen LogP contribution in [0.5, 0.6) is 0 Å². The molecule has 0 aromatic carbocycles. The van der Waals surface area contributed by atoms with E-state index >= 15 is 0 Å².